The summed E-state index contributed by atoms with van der Waals surface area (Å²) < 4.78 is 6.17. The predicted octanol–water partition coefficient (Wildman–Crippen LogP) is 7.35. The minimum Gasteiger partial charge on any atom is -0.491 e. The molecule has 0 saturated carbocycles. The number of carbonyl (C=O) groups is 1. The van der Waals surface area contributed by atoms with Gasteiger partial charge in [0.15, 0.2) is 0 Å². The third-order valence-corrected chi connectivity index (χ3v) is 6.90. The number of amides is 1. The topological polar surface area (TPSA) is 55.6 Å². The smallest absolute Gasteiger partial charge is 0.248 e. The Morgan fingerprint density at radius 3 is 2.69 bits per heavy atom. The zero-order valence-electron chi connectivity index (χ0n) is 21.2. The molecule has 0 aromatic heterocycles. The Morgan fingerprint density at radius 1 is 1.14 bits per heavy atom. The molecule has 1 atom stereocenters. The Hall–Kier alpha value is -2.11. The van der Waals surface area contributed by atoms with Crippen LogP contribution in [0.3, 0.4) is 0 Å². The molecule has 0 spiro atoms. The van der Waals surface area contributed by atoms with Gasteiger partial charge in [0.25, 0.3) is 0 Å². The first-order valence-electron chi connectivity index (χ1n) is 12.8. The second-order valence-electron chi connectivity index (χ2n) is 9.05. The third kappa shape index (κ3) is 11.0. The van der Waals surface area contributed by atoms with Crippen molar-refractivity contribution in [3.63, 3.8) is 0 Å². The van der Waals surface area contributed by atoms with E-state index in [1.165, 1.54) is 5.56 Å². The molecule has 0 radical (unpaired) electrons. The summed E-state index contributed by atoms with van der Waals surface area (Å²) in [6.07, 6.45) is 11.8. The molecular formula is C29H41ClN2O2S. The van der Waals surface area contributed by atoms with Crippen molar-refractivity contribution >= 4 is 35.8 Å². The Kier molecular flexibility index (Phi) is 13.8. The highest BCUT2D eigenvalue weighted by molar-refractivity contribution is 7.80. The number of nitrogens with zero attached hydrogens (tertiary/aromatic N) is 1. The maximum atomic E-state index is 11.8. The van der Waals surface area contributed by atoms with E-state index in [9.17, 15) is 4.79 Å². The highest BCUT2D eigenvalue weighted by Crippen LogP contribution is 2.30. The average molecular weight is 517 g/mol. The number of hydrogen-bond donors (Lipinski definition) is 2. The summed E-state index contributed by atoms with van der Waals surface area (Å²) in [4.78, 5) is 14.1. The fraction of sp³-hybridized carbons (Fsp3) is 0.483. The van der Waals surface area contributed by atoms with Crippen LogP contribution in [0.2, 0.25) is 5.02 Å². The number of aryl methyl sites for hydroxylation is 1. The summed E-state index contributed by atoms with van der Waals surface area (Å²) in [7, 11) is 0. The molecule has 2 aromatic carbocycles. The van der Waals surface area contributed by atoms with Crippen molar-refractivity contribution in [2.75, 3.05) is 30.3 Å². The number of unbranched alkanes of at least 4 members (excludes halogenated alkanes) is 3. The van der Waals surface area contributed by atoms with Crippen LogP contribution in [0.4, 0.5) is 5.69 Å². The quantitative estimate of drug-likeness (QED) is 0.131. The van der Waals surface area contributed by atoms with Crippen molar-refractivity contribution in [2.45, 2.75) is 58.8 Å². The van der Waals surface area contributed by atoms with Crippen LogP contribution in [0.1, 0.15) is 68.3 Å². The van der Waals surface area contributed by atoms with Gasteiger partial charge in [0, 0.05) is 23.7 Å². The van der Waals surface area contributed by atoms with E-state index in [-0.39, 0.29) is 0 Å². The van der Waals surface area contributed by atoms with Gasteiger partial charge >= 0.3 is 0 Å². The van der Waals surface area contributed by atoms with Crippen molar-refractivity contribution in [2.24, 2.45) is 11.7 Å². The van der Waals surface area contributed by atoms with Crippen molar-refractivity contribution in [3.05, 3.63) is 70.8 Å². The van der Waals surface area contributed by atoms with E-state index in [4.69, 9.17) is 22.1 Å². The number of thiol groups is 1. The van der Waals surface area contributed by atoms with Crippen molar-refractivity contribution in [1.82, 2.24) is 0 Å². The maximum Gasteiger partial charge on any atom is 0.248 e. The van der Waals surface area contributed by atoms with Crippen molar-refractivity contribution < 1.29 is 9.53 Å². The Bertz CT molecular complexity index is 935. The lowest BCUT2D eigenvalue weighted by atomic mass is 10.1. The Balaban J connectivity index is 1.89. The summed E-state index contributed by atoms with van der Waals surface area (Å²) in [5.74, 6) is 1.93. The van der Waals surface area contributed by atoms with E-state index in [2.05, 4.69) is 49.6 Å². The SMILES string of the molecule is CCN(CCCC/C=C/C[C@H](C)CS)c1cc(C(N)=O)ccc1OCCCCc1cccc(Cl)c1. The van der Waals surface area contributed by atoms with Crippen LogP contribution in [0.25, 0.3) is 0 Å². The molecular weight excluding hydrogens is 476 g/mol. The molecule has 35 heavy (non-hydrogen) atoms. The second kappa shape index (κ2) is 16.5. The zero-order chi connectivity index (χ0) is 25.5. The number of rotatable bonds is 17. The van der Waals surface area contributed by atoms with Gasteiger partial charge in [-0.25, -0.2) is 0 Å². The van der Waals surface area contributed by atoms with E-state index < -0.39 is 5.91 Å². The number of carbonyl (C=O) groups excluding carboxylic acids is 1. The summed E-state index contributed by atoms with van der Waals surface area (Å²) in [6, 6.07) is 13.5. The zero-order valence-corrected chi connectivity index (χ0v) is 22.9. The Morgan fingerprint density at radius 2 is 1.97 bits per heavy atom. The normalized spacial score (nSPS) is 12.1. The molecule has 2 N–H and O–H groups in total. The summed E-state index contributed by atoms with van der Waals surface area (Å²) >= 11 is 10.4. The molecule has 0 bridgehead atoms. The fourth-order valence-corrected chi connectivity index (χ4v) is 4.24. The number of hydrogen-bond acceptors (Lipinski definition) is 4. The molecule has 0 unspecified atom stereocenters. The highest BCUT2D eigenvalue weighted by atomic mass is 35.5. The molecule has 2 aromatic rings. The number of anilines is 1. The third-order valence-electron chi connectivity index (χ3n) is 6.04. The van der Waals surface area contributed by atoms with Crippen LogP contribution in [0, 0.1) is 5.92 Å². The van der Waals surface area contributed by atoms with Gasteiger partial charge in [-0.3, -0.25) is 4.79 Å². The second-order valence-corrected chi connectivity index (χ2v) is 9.85. The molecule has 0 saturated heterocycles. The molecule has 0 aliphatic rings. The molecule has 4 nitrogen and oxygen atoms in total. The van der Waals surface area contributed by atoms with Crippen LogP contribution in [0.5, 0.6) is 5.75 Å². The number of benzene rings is 2. The van der Waals surface area contributed by atoms with Gasteiger partial charge in [-0.05, 0) is 99.4 Å². The van der Waals surface area contributed by atoms with Crippen LogP contribution >= 0.6 is 24.2 Å². The van der Waals surface area contributed by atoms with E-state index in [1.54, 1.807) is 6.07 Å². The molecule has 0 heterocycles. The monoisotopic (exact) mass is 516 g/mol. The number of nitrogens with two attached hydrogens (primary N) is 1. The lowest BCUT2D eigenvalue weighted by Crippen LogP contribution is -2.25. The minimum absolute atomic E-state index is 0.420. The molecule has 6 heteroatoms. The largest absolute Gasteiger partial charge is 0.491 e. The standard InChI is InChI=1S/C29H41ClN2O2S/c1-3-32(18-9-6-4-5-7-12-23(2)22-35)27-21-25(29(31)33)16-17-28(27)34-19-10-8-13-24-14-11-15-26(30)20-24/h5,7,11,14-17,20-21,23,35H,3-4,6,8-10,12-13,18-19,22H2,1-2H3,(H2,31,33)/b7-5+/t23-/m0/s1. The highest BCUT2D eigenvalue weighted by Gasteiger charge is 2.14. The molecule has 0 aliphatic carbocycles. The first-order valence-corrected chi connectivity index (χ1v) is 13.8. The van der Waals surface area contributed by atoms with Gasteiger partial charge in [0.2, 0.25) is 5.91 Å². The predicted molar refractivity (Wildman–Crippen MR) is 153 cm³/mol. The number of primary amides is 1. The van der Waals surface area contributed by atoms with E-state index >= 15 is 0 Å². The van der Waals surface area contributed by atoms with Crippen LogP contribution in [-0.4, -0.2) is 31.4 Å². The molecule has 192 valence electrons. The van der Waals surface area contributed by atoms with E-state index in [1.807, 2.05) is 30.3 Å². The van der Waals surface area contributed by atoms with Gasteiger partial charge in [-0.15, -0.1) is 0 Å². The molecule has 0 aliphatic heterocycles. The van der Waals surface area contributed by atoms with Gasteiger partial charge in [0.1, 0.15) is 5.75 Å². The molecule has 2 rings (SSSR count). The number of allylic oxidation sites excluding steroid dienone is 2. The van der Waals surface area contributed by atoms with Crippen LogP contribution in [0.15, 0.2) is 54.6 Å². The number of ether oxygens (including phenoxy) is 1. The number of halogens is 1. The minimum atomic E-state index is -0.420. The maximum absolute atomic E-state index is 11.8. The fourth-order valence-electron chi connectivity index (χ4n) is 3.88. The Labute approximate surface area is 222 Å². The molecule has 1 amide bonds. The first kappa shape index (κ1) is 29.1. The van der Waals surface area contributed by atoms with Crippen LogP contribution < -0.4 is 15.4 Å². The van der Waals surface area contributed by atoms with E-state index in [0.717, 1.165) is 80.2 Å². The van der Waals surface area contributed by atoms with E-state index in [0.29, 0.717) is 18.1 Å². The van der Waals surface area contributed by atoms with Gasteiger partial charge in [-0.1, -0.05) is 42.8 Å². The summed E-state index contributed by atoms with van der Waals surface area (Å²) in [5, 5.41) is 0.775. The van der Waals surface area contributed by atoms with Gasteiger partial charge in [0.05, 0.1) is 12.3 Å². The van der Waals surface area contributed by atoms with Gasteiger partial charge in [-0.2, -0.15) is 12.6 Å². The lowest BCUT2D eigenvalue weighted by Gasteiger charge is -2.26. The molecule has 0 fully saturated rings. The van der Waals surface area contributed by atoms with Crippen LogP contribution in [-0.2, 0) is 6.42 Å². The first-order chi connectivity index (χ1) is 16.9. The summed E-state index contributed by atoms with van der Waals surface area (Å²) in [5.41, 5.74) is 8.25. The average Bonchev–Trinajstić information content (AvgIpc) is 2.85. The van der Waals surface area contributed by atoms with Crippen molar-refractivity contribution in [3.8, 4) is 5.75 Å². The summed E-state index contributed by atoms with van der Waals surface area (Å²) in [6.45, 7) is 6.71. The van der Waals surface area contributed by atoms with Gasteiger partial charge < -0.3 is 15.4 Å². The van der Waals surface area contributed by atoms with Crippen molar-refractivity contribution in [1.29, 1.82) is 0 Å². The lowest BCUT2D eigenvalue weighted by molar-refractivity contribution is 0.100.